The Bertz CT molecular complexity index is 783. The number of hydrogen-bond acceptors (Lipinski definition) is 2. The molecule has 0 amide bonds. The van der Waals surface area contributed by atoms with Gasteiger partial charge in [0.25, 0.3) is 0 Å². The number of anilines is 1. The molecule has 4 rings (SSSR count). The minimum absolute atomic E-state index is 0.422. The summed E-state index contributed by atoms with van der Waals surface area (Å²) in [5.41, 5.74) is 3.15. The Kier molecular flexibility index (Phi) is 3.22. The van der Waals surface area contributed by atoms with E-state index in [1.165, 1.54) is 30.2 Å². The first-order chi connectivity index (χ1) is 10.7. The molecule has 0 radical (unpaired) electrons. The molecule has 2 atom stereocenters. The molecule has 1 aliphatic heterocycles. The Morgan fingerprint density at radius 3 is 2.74 bits per heavy atom. The van der Waals surface area contributed by atoms with Gasteiger partial charge in [-0.05, 0) is 60.8 Å². The molecule has 23 heavy (non-hydrogen) atoms. The molecule has 2 heterocycles. The monoisotopic (exact) mass is 328 g/mol. The van der Waals surface area contributed by atoms with Crippen molar-refractivity contribution >= 4 is 28.3 Å². The molecular weight excluding hydrogens is 304 g/mol. The SMILES string of the molecule is Cc1cc(N2C[C@]3(C)C[C@@H]2CC(C)(C)C3)nc2cc(Cl)ccc12. The van der Waals surface area contributed by atoms with Crippen LogP contribution in [0, 0.1) is 17.8 Å². The lowest BCUT2D eigenvalue weighted by Gasteiger charge is -2.39. The molecule has 0 spiro atoms. The Labute approximate surface area is 143 Å². The van der Waals surface area contributed by atoms with Crippen molar-refractivity contribution in [1.29, 1.82) is 0 Å². The van der Waals surface area contributed by atoms with Gasteiger partial charge in [-0.25, -0.2) is 4.98 Å². The van der Waals surface area contributed by atoms with Gasteiger partial charge in [0.05, 0.1) is 5.52 Å². The lowest BCUT2D eigenvalue weighted by Crippen LogP contribution is -2.35. The van der Waals surface area contributed by atoms with Gasteiger partial charge >= 0.3 is 0 Å². The van der Waals surface area contributed by atoms with E-state index in [1.54, 1.807) is 0 Å². The van der Waals surface area contributed by atoms with Crippen LogP contribution in [0.1, 0.15) is 45.6 Å². The molecule has 1 saturated carbocycles. The average molecular weight is 329 g/mol. The van der Waals surface area contributed by atoms with Gasteiger partial charge in [-0.2, -0.15) is 0 Å². The summed E-state index contributed by atoms with van der Waals surface area (Å²) in [6.07, 6.45) is 3.87. The van der Waals surface area contributed by atoms with E-state index in [2.05, 4.69) is 44.7 Å². The van der Waals surface area contributed by atoms with Gasteiger partial charge in [0.2, 0.25) is 0 Å². The molecule has 2 aliphatic rings. The number of nitrogens with zero attached hydrogens (tertiary/aromatic N) is 2. The van der Waals surface area contributed by atoms with Gasteiger partial charge in [0.1, 0.15) is 5.82 Å². The molecule has 1 saturated heterocycles. The van der Waals surface area contributed by atoms with E-state index in [4.69, 9.17) is 16.6 Å². The van der Waals surface area contributed by atoms with Gasteiger partial charge < -0.3 is 4.90 Å². The standard InChI is InChI=1S/C20H25ClN2/c1-13-7-18(22-17-8-14(21)5-6-16(13)17)23-12-20(4)10-15(23)9-19(2,3)11-20/h5-8,15H,9-12H2,1-4H3/t15-,20+/m0/s1. The van der Waals surface area contributed by atoms with Crippen molar-refractivity contribution in [3.63, 3.8) is 0 Å². The summed E-state index contributed by atoms with van der Waals surface area (Å²) in [6.45, 7) is 10.6. The van der Waals surface area contributed by atoms with Crippen LogP contribution in [0.5, 0.6) is 0 Å². The van der Waals surface area contributed by atoms with Crippen molar-refractivity contribution in [1.82, 2.24) is 4.98 Å². The lowest BCUT2D eigenvalue weighted by molar-refractivity contribution is 0.136. The van der Waals surface area contributed by atoms with Crippen LogP contribution in [-0.4, -0.2) is 17.6 Å². The Balaban J connectivity index is 1.78. The zero-order chi connectivity index (χ0) is 16.4. The maximum Gasteiger partial charge on any atom is 0.129 e. The maximum absolute atomic E-state index is 6.18. The summed E-state index contributed by atoms with van der Waals surface area (Å²) in [6, 6.07) is 8.89. The van der Waals surface area contributed by atoms with Crippen LogP contribution in [0.2, 0.25) is 5.02 Å². The Morgan fingerprint density at radius 1 is 1.17 bits per heavy atom. The minimum Gasteiger partial charge on any atom is -0.353 e. The van der Waals surface area contributed by atoms with E-state index < -0.39 is 0 Å². The highest BCUT2D eigenvalue weighted by molar-refractivity contribution is 6.31. The fourth-order valence-electron chi connectivity index (χ4n) is 5.23. The molecule has 1 aromatic heterocycles. The van der Waals surface area contributed by atoms with Crippen LogP contribution in [-0.2, 0) is 0 Å². The molecule has 2 nitrogen and oxygen atoms in total. The molecule has 2 fully saturated rings. The number of benzene rings is 1. The zero-order valence-electron chi connectivity index (χ0n) is 14.5. The van der Waals surface area contributed by atoms with Crippen LogP contribution < -0.4 is 4.90 Å². The molecular formula is C20H25ClN2. The topological polar surface area (TPSA) is 16.1 Å². The molecule has 3 heteroatoms. The van der Waals surface area contributed by atoms with Crippen molar-refractivity contribution < 1.29 is 0 Å². The molecule has 2 aromatic rings. The third kappa shape index (κ3) is 2.61. The van der Waals surface area contributed by atoms with E-state index >= 15 is 0 Å². The summed E-state index contributed by atoms with van der Waals surface area (Å²) in [4.78, 5) is 7.52. The van der Waals surface area contributed by atoms with E-state index in [0.717, 1.165) is 22.9 Å². The number of rotatable bonds is 1. The predicted octanol–water partition coefficient (Wildman–Crippen LogP) is 5.60. The molecule has 2 bridgehead atoms. The third-order valence-corrected chi connectivity index (χ3v) is 5.91. The summed E-state index contributed by atoms with van der Waals surface area (Å²) >= 11 is 6.18. The maximum atomic E-state index is 6.18. The first-order valence-electron chi connectivity index (χ1n) is 8.58. The van der Waals surface area contributed by atoms with Gasteiger partial charge in [0, 0.05) is 23.0 Å². The predicted molar refractivity (Wildman–Crippen MR) is 98.4 cm³/mol. The first-order valence-corrected chi connectivity index (χ1v) is 8.96. The van der Waals surface area contributed by atoms with Crippen LogP contribution in [0.3, 0.4) is 0 Å². The summed E-state index contributed by atoms with van der Waals surface area (Å²) in [7, 11) is 0. The van der Waals surface area contributed by atoms with Crippen LogP contribution in [0.15, 0.2) is 24.3 Å². The van der Waals surface area contributed by atoms with Crippen molar-refractivity contribution in [2.45, 2.75) is 53.0 Å². The normalized spacial score (nSPS) is 29.3. The number of pyridine rings is 1. The second-order valence-electron chi connectivity index (χ2n) is 8.80. The fraction of sp³-hybridized carbons (Fsp3) is 0.550. The lowest BCUT2D eigenvalue weighted by atomic mass is 9.65. The number of aryl methyl sites for hydroxylation is 1. The highest BCUT2D eigenvalue weighted by atomic mass is 35.5. The second kappa shape index (κ2) is 4.86. The van der Waals surface area contributed by atoms with Gasteiger partial charge in [0.15, 0.2) is 0 Å². The number of halogens is 1. The number of hydrogen-bond donors (Lipinski definition) is 0. The van der Waals surface area contributed by atoms with Crippen LogP contribution in [0.25, 0.3) is 10.9 Å². The summed E-state index contributed by atoms with van der Waals surface area (Å²) in [5.74, 6) is 1.13. The smallest absolute Gasteiger partial charge is 0.129 e. The fourth-order valence-corrected chi connectivity index (χ4v) is 5.40. The highest BCUT2D eigenvalue weighted by Gasteiger charge is 2.49. The zero-order valence-corrected chi connectivity index (χ0v) is 15.2. The van der Waals surface area contributed by atoms with E-state index in [0.29, 0.717) is 16.9 Å². The van der Waals surface area contributed by atoms with Crippen molar-refractivity contribution in [3.8, 4) is 0 Å². The van der Waals surface area contributed by atoms with E-state index in [1.807, 2.05) is 12.1 Å². The molecule has 1 aromatic carbocycles. The summed E-state index contributed by atoms with van der Waals surface area (Å²) < 4.78 is 0. The number of fused-ring (bicyclic) bond motifs is 3. The van der Waals surface area contributed by atoms with E-state index in [-0.39, 0.29) is 0 Å². The second-order valence-corrected chi connectivity index (χ2v) is 9.24. The molecule has 0 N–H and O–H groups in total. The molecule has 122 valence electrons. The summed E-state index contributed by atoms with van der Waals surface area (Å²) in [5, 5.41) is 1.96. The van der Waals surface area contributed by atoms with Crippen molar-refractivity contribution in [3.05, 3.63) is 34.9 Å². The van der Waals surface area contributed by atoms with E-state index in [9.17, 15) is 0 Å². The Hall–Kier alpha value is -1.28. The highest BCUT2D eigenvalue weighted by Crippen LogP contribution is 2.53. The number of aromatic nitrogens is 1. The van der Waals surface area contributed by atoms with Crippen LogP contribution >= 0.6 is 11.6 Å². The van der Waals surface area contributed by atoms with Crippen molar-refractivity contribution in [2.24, 2.45) is 10.8 Å². The van der Waals surface area contributed by atoms with Gasteiger partial charge in [-0.1, -0.05) is 38.4 Å². The molecule has 1 aliphatic carbocycles. The Morgan fingerprint density at radius 2 is 1.96 bits per heavy atom. The van der Waals surface area contributed by atoms with Crippen LogP contribution in [0.4, 0.5) is 5.82 Å². The van der Waals surface area contributed by atoms with Crippen molar-refractivity contribution in [2.75, 3.05) is 11.4 Å². The quantitative estimate of drug-likeness (QED) is 0.677. The van der Waals surface area contributed by atoms with Gasteiger partial charge in [-0.3, -0.25) is 0 Å². The minimum atomic E-state index is 0.422. The largest absolute Gasteiger partial charge is 0.353 e. The average Bonchev–Trinajstić information content (AvgIpc) is 2.67. The third-order valence-electron chi connectivity index (χ3n) is 5.67. The van der Waals surface area contributed by atoms with Gasteiger partial charge in [-0.15, -0.1) is 0 Å². The molecule has 0 unspecified atom stereocenters. The first kappa shape index (κ1) is 15.3.